The van der Waals surface area contributed by atoms with Crippen LogP contribution in [0.2, 0.25) is 0 Å². The molecule has 1 heterocycles. The molecule has 1 aliphatic rings. The van der Waals surface area contributed by atoms with Crippen LogP contribution in [0, 0.1) is 0 Å². The van der Waals surface area contributed by atoms with Gasteiger partial charge in [0.25, 0.3) is 0 Å². The number of para-hydroxylation sites is 1. The fourth-order valence-corrected chi connectivity index (χ4v) is 1.87. The minimum atomic E-state index is 0.364. The average Bonchev–Trinajstić information content (AvgIpc) is 2.86. The maximum atomic E-state index is 9.38. The van der Waals surface area contributed by atoms with E-state index in [1.807, 2.05) is 18.2 Å². The van der Waals surface area contributed by atoms with Crippen molar-refractivity contribution in [3.8, 4) is 5.75 Å². The van der Waals surface area contributed by atoms with Gasteiger partial charge in [-0.25, -0.2) is 0 Å². The molecule has 1 aromatic rings. The number of phenolic OH excluding ortho intramolecular Hbond substituents is 1. The molecule has 2 nitrogen and oxygen atoms in total. The summed E-state index contributed by atoms with van der Waals surface area (Å²) in [4.78, 5) is 0.938. The molecular formula is C9H10O2S. The molecule has 0 aliphatic carbocycles. The Hall–Kier alpha value is -0.670. The standard InChI is InChI=1S/C9H10O2S/c10-8-3-1-2-4-9(8)12-6-7-5-11-7/h1-4,7,10H,5-6H2/t7-/m0/s1. The molecule has 0 amide bonds. The zero-order valence-corrected chi connectivity index (χ0v) is 7.38. The highest BCUT2D eigenvalue weighted by Crippen LogP contribution is 2.30. The third-order valence-corrected chi connectivity index (χ3v) is 2.89. The van der Waals surface area contributed by atoms with Crippen LogP contribution in [0.4, 0.5) is 0 Å². The number of hydrogen-bond donors (Lipinski definition) is 1. The summed E-state index contributed by atoms with van der Waals surface area (Å²) in [6, 6.07) is 7.38. The Labute approximate surface area is 75.6 Å². The minimum absolute atomic E-state index is 0.364. The van der Waals surface area contributed by atoms with Gasteiger partial charge in [-0.05, 0) is 12.1 Å². The Balaban J connectivity index is 1.96. The molecule has 0 bridgehead atoms. The monoisotopic (exact) mass is 182 g/mol. The van der Waals surface area contributed by atoms with Gasteiger partial charge < -0.3 is 9.84 Å². The quantitative estimate of drug-likeness (QED) is 0.572. The lowest BCUT2D eigenvalue weighted by Gasteiger charge is -2.00. The SMILES string of the molecule is Oc1ccccc1SC[C@@H]1CO1. The third-order valence-electron chi connectivity index (χ3n) is 1.69. The largest absolute Gasteiger partial charge is 0.507 e. The van der Waals surface area contributed by atoms with Gasteiger partial charge >= 0.3 is 0 Å². The smallest absolute Gasteiger partial charge is 0.129 e. The molecule has 1 saturated heterocycles. The maximum Gasteiger partial charge on any atom is 0.129 e. The molecule has 2 rings (SSSR count). The molecule has 1 aliphatic heterocycles. The fraction of sp³-hybridized carbons (Fsp3) is 0.333. The van der Waals surface area contributed by atoms with Crippen molar-refractivity contribution in [2.45, 2.75) is 11.0 Å². The van der Waals surface area contributed by atoms with Gasteiger partial charge in [-0.3, -0.25) is 0 Å². The van der Waals surface area contributed by atoms with Crippen LogP contribution >= 0.6 is 11.8 Å². The highest BCUT2D eigenvalue weighted by molar-refractivity contribution is 7.99. The van der Waals surface area contributed by atoms with Crippen LogP contribution in [0.3, 0.4) is 0 Å². The number of benzene rings is 1. The molecule has 0 unspecified atom stereocenters. The number of hydrogen-bond acceptors (Lipinski definition) is 3. The van der Waals surface area contributed by atoms with Crippen molar-refractivity contribution in [2.75, 3.05) is 12.4 Å². The second-order valence-electron chi connectivity index (χ2n) is 2.73. The van der Waals surface area contributed by atoms with Gasteiger partial charge in [0.15, 0.2) is 0 Å². The number of ether oxygens (including phenoxy) is 1. The second kappa shape index (κ2) is 3.37. The predicted octanol–water partition coefficient (Wildman–Crippen LogP) is 1.88. The Morgan fingerprint density at radius 3 is 2.92 bits per heavy atom. The highest BCUT2D eigenvalue weighted by atomic mass is 32.2. The van der Waals surface area contributed by atoms with E-state index in [4.69, 9.17) is 4.74 Å². The first kappa shape index (κ1) is 7.95. The van der Waals surface area contributed by atoms with E-state index in [1.54, 1.807) is 17.8 Å². The summed E-state index contributed by atoms with van der Waals surface area (Å²) in [5.41, 5.74) is 0. The zero-order chi connectivity index (χ0) is 8.39. The molecular weight excluding hydrogens is 172 g/mol. The van der Waals surface area contributed by atoms with Crippen LogP contribution < -0.4 is 0 Å². The molecule has 0 spiro atoms. The summed E-state index contributed by atoms with van der Waals surface area (Å²) >= 11 is 1.64. The Kier molecular flexibility index (Phi) is 2.23. The van der Waals surface area contributed by atoms with Crippen LogP contribution in [0.1, 0.15) is 0 Å². The van der Waals surface area contributed by atoms with Gasteiger partial charge in [0, 0.05) is 10.6 Å². The molecule has 1 atom stereocenters. The molecule has 1 aromatic carbocycles. The first-order valence-corrected chi connectivity index (χ1v) is 4.87. The number of phenols is 1. The van der Waals surface area contributed by atoms with Crippen molar-refractivity contribution >= 4 is 11.8 Å². The normalized spacial score (nSPS) is 20.8. The molecule has 0 saturated carbocycles. The van der Waals surface area contributed by atoms with Gasteiger partial charge in [0.05, 0.1) is 12.7 Å². The summed E-state index contributed by atoms with van der Waals surface area (Å²) < 4.78 is 5.07. The average molecular weight is 182 g/mol. The van der Waals surface area contributed by atoms with Crippen LogP contribution in [0.25, 0.3) is 0 Å². The number of epoxide rings is 1. The molecule has 0 aromatic heterocycles. The van der Waals surface area contributed by atoms with Crippen LogP contribution in [0.5, 0.6) is 5.75 Å². The second-order valence-corrected chi connectivity index (χ2v) is 3.80. The van der Waals surface area contributed by atoms with Crippen molar-refractivity contribution in [3.63, 3.8) is 0 Å². The van der Waals surface area contributed by atoms with Crippen molar-refractivity contribution < 1.29 is 9.84 Å². The van der Waals surface area contributed by atoms with Crippen LogP contribution in [-0.2, 0) is 4.74 Å². The summed E-state index contributed by atoms with van der Waals surface area (Å²) in [5.74, 6) is 1.31. The van der Waals surface area contributed by atoms with Gasteiger partial charge in [-0.1, -0.05) is 12.1 Å². The van der Waals surface area contributed by atoms with E-state index in [2.05, 4.69) is 0 Å². The predicted molar refractivity (Wildman–Crippen MR) is 48.6 cm³/mol. The third kappa shape index (κ3) is 1.93. The number of rotatable bonds is 3. The lowest BCUT2D eigenvalue weighted by atomic mass is 10.3. The number of thioether (sulfide) groups is 1. The molecule has 0 radical (unpaired) electrons. The van der Waals surface area contributed by atoms with Gasteiger partial charge in [0.1, 0.15) is 5.75 Å². The summed E-state index contributed by atoms with van der Waals surface area (Å²) in [6.45, 7) is 0.876. The fourth-order valence-electron chi connectivity index (χ4n) is 0.926. The van der Waals surface area contributed by atoms with E-state index in [9.17, 15) is 5.11 Å². The van der Waals surface area contributed by atoms with E-state index in [0.29, 0.717) is 11.9 Å². The first-order chi connectivity index (χ1) is 5.86. The van der Waals surface area contributed by atoms with Crippen molar-refractivity contribution in [2.24, 2.45) is 0 Å². The molecule has 1 N–H and O–H groups in total. The van der Waals surface area contributed by atoms with Gasteiger partial charge in [-0.2, -0.15) is 0 Å². The zero-order valence-electron chi connectivity index (χ0n) is 6.56. The van der Waals surface area contributed by atoms with E-state index in [1.165, 1.54) is 0 Å². The summed E-state index contributed by atoms with van der Waals surface area (Å²) in [7, 11) is 0. The topological polar surface area (TPSA) is 32.8 Å². The summed E-state index contributed by atoms with van der Waals surface area (Å²) in [6.07, 6.45) is 0.412. The maximum absolute atomic E-state index is 9.38. The lowest BCUT2D eigenvalue weighted by Crippen LogP contribution is -1.88. The first-order valence-electron chi connectivity index (χ1n) is 3.88. The van der Waals surface area contributed by atoms with E-state index >= 15 is 0 Å². The highest BCUT2D eigenvalue weighted by Gasteiger charge is 2.22. The van der Waals surface area contributed by atoms with E-state index in [0.717, 1.165) is 17.3 Å². The van der Waals surface area contributed by atoms with E-state index in [-0.39, 0.29) is 0 Å². The Bertz CT molecular complexity index is 271. The van der Waals surface area contributed by atoms with Crippen molar-refractivity contribution in [1.82, 2.24) is 0 Å². The van der Waals surface area contributed by atoms with E-state index < -0.39 is 0 Å². The Morgan fingerprint density at radius 2 is 2.25 bits per heavy atom. The molecule has 64 valence electrons. The lowest BCUT2D eigenvalue weighted by molar-refractivity contribution is 0.426. The van der Waals surface area contributed by atoms with Gasteiger partial charge in [0.2, 0.25) is 0 Å². The van der Waals surface area contributed by atoms with Crippen molar-refractivity contribution in [1.29, 1.82) is 0 Å². The summed E-state index contributed by atoms with van der Waals surface area (Å²) in [5, 5.41) is 9.38. The Morgan fingerprint density at radius 1 is 1.50 bits per heavy atom. The minimum Gasteiger partial charge on any atom is -0.507 e. The van der Waals surface area contributed by atoms with Crippen molar-refractivity contribution in [3.05, 3.63) is 24.3 Å². The molecule has 3 heteroatoms. The number of aromatic hydroxyl groups is 1. The van der Waals surface area contributed by atoms with Crippen LogP contribution in [0.15, 0.2) is 29.2 Å². The molecule has 1 fully saturated rings. The molecule has 12 heavy (non-hydrogen) atoms. The van der Waals surface area contributed by atoms with Gasteiger partial charge in [-0.15, -0.1) is 11.8 Å². The van der Waals surface area contributed by atoms with Crippen LogP contribution in [-0.4, -0.2) is 23.6 Å².